The van der Waals surface area contributed by atoms with Crippen molar-refractivity contribution in [1.82, 2.24) is 9.97 Å². The fourth-order valence-electron chi connectivity index (χ4n) is 2.10. The normalized spacial score (nSPS) is 12.5. The van der Waals surface area contributed by atoms with E-state index in [1.54, 1.807) is 24.5 Å². The van der Waals surface area contributed by atoms with E-state index in [-0.39, 0.29) is 4.83 Å². The van der Waals surface area contributed by atoms with Gasteiger partial charge in [0.25, 0.3) is 0 Å². The number of H-pyrrole nitrogens is 2. The van der Waals surface area contributed by atoms with Crippen molar-refractivity contribution in [3.63, 3.8) is 0 Å². The largest absolute Gasteiger partial charge is 0.496 e. The first-order chi connectivity index (χ1) is 10.1. The predicted molar refractivity (Wildman–Crippen MR) is 86.8 cm³/mol. The molecule has 0 bridgehead atoms. The molecule has 1 unspecified atom stereocenters. The highest BCUT2D eigenvalue weighted by Gasteiger charge is 2.17. The number of hydrogen-bond acceptors (Lipinski definition) is 4. The summed E-state index contributed by atoms with van der Waals surface area (Å²) >= 11 is 5.24. The monoisotopic (exact) mass is 366 g/mol. The Morgan fingerprint density at radius 3 is 2.57 bits per heavy atom. The molecule has 3 aromatic rings. The number of thiophene rings is 1. The van der Waals surface area contributed by atoms with E-state index < -0.39 is 11.1 Å². The van der Waals surface area contributed by atoms with Crippen molar-refractivity contribution >= 4 is 38.3 Å². The van der Waals surface area contributed by atoms with Crippen LogP contribution in [0.5, 0.6) is 5.75 Å². The number of halogens is 1. The van der Waals surface area contributed by atoms with E-state index in [2.05, 4.69) is 25.9 Å². The summed E-state index contributed by atoms with van der Waals surface area (Å²) in [6.45, 7) is 0. The van der Waals surface area contributed by atoms with E-state index in [1.807, 2.05) is 23.6 Å². The second kappa shape index (κ2) is 5.50. The molecule has 0 amide bonds. The maximum absolute atomic E-state index is 11.4. The Balaban J connectivity index is 2.10. The van der Waals surface area contributed by atoms with Crippen molar-refractivity contribution < 1.29 is 4.74 Å². The third-order valence-electron chi connectivity index (χ3n) is 3.15. The number of aromatic nitrogens is 2. The second-order valence-corrected chi connectivity index (χ2v) is 6.29. The Morgan fingerprint density at radius 1 is 1.14 bits per heavy atom. The summed E-state index contributed by atoms with van der Waals surface area (Å²) in [6, 6.07) is 7.42. The lowest BCUT2D eigenvalue weighted by Gasteiger charge is -2.11. The minimum Gasteiger partial charge on any atom is -0.496 e. The summed E-state index contributed by atoms with van der Waals surface area (Å²) < 4.78 is 5.33. The third-order valence-corrected chi connectivity index (χ3v) is 5.40. The zero-order valence-electron chi connectivity index (χ0n) is 11.0. The zero-order valence-corrected chi connectivity index (χ0v) is 13.4. The minimum atomic E-state index is -0.653. The first kappa shape index (κ1) is 14.1. The molecule has 108 valence electrons. The van der Waals surface area contributed by atoms with Crippen LogP contribution in [-0.2, 0) is 0 Å². The lowest BCUT2D eigenvalue weighted by Crippen LogP contribution is -2.28. The van der Waals surface area contributed by atoms with Crippen LogP contribution in [0.2, 0.25) is 0 Å². The van der Waals surface area contributed by atoms with Crippen LogP contribution in [-0.4, -0.2) is 17.1 Å². The number of methoxy groups -OCH3 is 1. The van der Waals surface area contributed by atoms with Crippen LogP contribution in [0.4, 0.5) is 0 Å². The maximum atomic E-state index is 11.4. The summed E-state index contributed by atoms with van der Waals surface area (Å²) in [5.41, 5.74) is 0.856. The Hall–Kier alpha value is -1.86. The number of ether oxygens (including phenoxy) is 1. The smallest absolute Gasteiger partial charge is 0.314 e. The van der Waals surface area contributed by atoms with Gasteiger partial charge in [-0.1, -0.05) is 22.0 Å². The molecule has 0 spiro atoms. The average molecular weight is 367 g/mol. The lowest BCUT2D eigenvalue weighted by atomic mass is 10.1. The van der Waals surface area contributed by atoms with Gasteiger partial charge < -0.3 is 14.7 Å². The zero-order chi connectivity index (χ0) is 15.0. The van der Waals surface area contributed by atoms with Gasteiger partial charge >= 0.3 is 11.1 Å². The van der Waals surface area contributed by atoms with E-state index in [1.165, 1.54) is 0 Å². The molecule has 1 aromatic carbocycles. The quantitative estimate of drug-likeness (QED) is 0.552. The molecule has 0 saturated heterocycles. The van der Waals surface area contributed by atoms with Crippen LogP contribution in [0, 0.1) is 0 Å². The van der Waals surface area contributed by atoms with Crippen LogP contribution in [0.15, 0.2) is 39.2 Å². The van der Waals surface area contributed by atoms with Gasteiger partial charge in [0.15, 0.2) is 0 Å². The van der Waals surface area contributed by atoms with Crippen LogP contribution >= 0.6 is 27.3 Å². The van der Waals surface area contributed by atoms with E-state index in [4.69, 9.17) is 4.74 Å². The molecule has 0 aliphatic carbocycles. The number of nitrogens with one attached hydrogen (secondary N) is 2. The molecule has 2 aromatic heterocycles. The molecule has 0 radical (unpaired) electrons. The highest BCUT2D eigenvalue weighted by Crippen LogP contribution is 2.40. The van der Waals surface area contributed by atoms with Gasteiger partial charge in [-0.15, -0.1) is 11.3 Å². The SMILES string of the molecule is COc1ccsc1C(Br)c1ccc2[nH]c(=O)c(=O)[nH]c2c1. The van der Waals surface area contributed by atoms with Crippen LogP contribution < -0.4 is 15.9 Å². The molecule has 0 aliphatic heterocycles. The number of benzene rings is 1. The van der Waals surface area contributed by atoms with E-state index >= 15 is 0 Å². The molecule has 1 atom stereocenters. The molecule has 2 N–H and O–H groups in total. The van der Waals surface area contributed by atoms with Gasteiger partial charge in [0.1, 0.15) is 5.75 Å². The lowest BCUT2D eigenvalue weighted by molar-refractivity contribution is 0.413. The first-order valence-corrected chi connectivity index (χ1v) is 7.91. The fourth-order valence-corrected chi connectivity index (χ4v) is 3.80. The van der Waals surface area contributed by atoms with Crippen LogP contribution in [0.25, 0.3) is 11.0 Å². The summed E-state index contributed by atoms with van der Waals surface area (Å²) in [7, 11) is 1.63. The maximum Gasteiger partial charge on any atom is 0.314 e. The highest BCUT2D eigenvalue weighted by atomic mass is 79.9. The predicted octanol–water partition coefficient (Wildman–Crippen LogP) is 2.77. The molecule has 3 rings (SSSR count). The third kappa shape index (κ3) is 2.54. The average Bonchev–Trinajstić information content (AvgIpc) is 2.95. The van der Waals surface area contributed by atoms with Gasteiger partial charge in [-0.3, -0.25) is 9.59 Å². The minimum absolute atomic E-state index is 0.0488. The number of rotatable bonds is 3. The Bertz CT molecular complexity index is 912. The number of hydrogen-bond donors (Lipinski definition) is 2. The molecule has 21 heavy (non-hydrogen) atoms. The number of fused-ring (bicyclic) bond motifs is 1. The molecule has 0 aliphatic rings. The summed E-state index contributed by atoms with van der Waals surface area (Å²) in [6.07, 6.45) is 0. The topological polar surface area (TPSA) is 75.0 Å². The van der Waals surface area contributed by atoms with E-state index in [9.17, 15) is 9.59 Å². The van der Waals surface area contributed by atoms with Gasteiger partial charge in [-0.2, -0.15) is 0 Å². The Labute approximate surface area is 131 Å². The first-order valence-electron chi connectivity index (χ1n) is 6.12. The van der Waals surface area contributed by atoms with Crippen molar-refractivity contribution in [3.8, 4) is 5.75 Å². The van der Waals surface area contributed by atoms with Crippen molar-refractivity contribution in [2.45, 2.75) is 4.83 Å². The van der Waals surface area contributed by atoms with Crippen molar-refractivity contribution in [2.24, 2.45) is 0 Å². The van der Waals surface area contributed by atoms with Crippen molar-refractivity contribution in [1.29, 1.82) is 0 Å². The molecule has 0 saturated carbocycles. The molecular formula is C14H11BrN2O3S. The van der Waals surface area contributed by atoms with E-state index in [0.717, 1.165) is 16.2 Å². The second-order valence-electron chi connectivity index (χ2n) is 4.43. The standard InChI is InChI=1S/C14H11BrN2O3S/c1-20-10-4-5-21-12(10)11(15)7-2-3-8-9(6-7)17-14(19)13(18)16-8/h2-6,11H,1H3,(H,16,18)(H,17,19). The summed E-state index contributed by atoms with van der Waals surface area (Å²) in [5.74, 6) is 0.817. The highest BCUT2D eigenvalue weighted by molar-refractivity contribution is 9.09. The number of aromatic amines is 2. The Morgan fingerprint density at radius 2 is 1.86 bits per heavy atom. The van der Waals surface area contributed by atoms with Crippen molar-refractivity contribution in [2.75, 3.05) is 7.11 Å². The molecule has 0 fully saturated rings. The van der Waals surface area contributed by atoms with Gasteiger partial charge in [0.2, 0.25) is 0 Å². The summed E-state index contributed by atoms with van der Waals surface area (Å²) in [5, 5.41) is 1.96. The molecule has 7 heteroatoms. The number of alkyl halides is 1. The van der Waals surface area contributed by atoms with Gasteiger partial charge in [-0.05, 0) is 29.1 Å². The molecule has 5 nitrogen and oxygen atoms in total. The fraction of sp³-hybridized carbons (Fsp3) is 0.143. The molecule has 2 heterocycles. The van der Waals surface area contributed by atoms with Gasteiger partial charge in [0, 0.05) is 0 Å². The summed E-state index contributed by atoms with van der Waals surface area (Å²) in [4.78, 5) is 28.8. The van der Waals surface area contributed by atoms with Gasteiger partial charge in [0.05, 0.1) is 27.8 Å². The Kier molecular flexibility index (Phi) is 3.69. The van der Waals surface area contributed by atoms with Crippen molar-refractivity contribution in [3.05, 3.63) is 60.8 Å². The van der Waals surface area contributed by atoms with Gasteiger partial charge in [-0.25, -0.2) is 0 Å². The van der Waals surface area contributed by atoms with Crippen LogP contribution in [0.1, 0.15) is 15.3 Å². The molecular weight excluding hydrogens is 356 g/mol. The van der Waals surface area contributed by atoms with E-state index in [0.29, 0.717) is 11.0 Å². The van der Waals surface area contributed by atoms with Crippen LogP contribution in [0.3, 0.4) is 0 Å².